The van der Waals surface area contributed by atoms with Crippen LogP contribution in [0.15, 0.2) is 4.79 Å². The van der Waals surface area contributed by atoms with Gasteiger partial charge in [0.25, 0.3) is 11.5 Å². The standard InChI is InChI=1S/C16H25N3O3/c1-4-8-19(10-13-7-5-6-9-22-13)16(21)14-11(2)12(3)17-18-15(14)20/h13H,4-10H2,1-3H3,(H,18,20)/t13-/m1/s1. The summed E-state index contributed by atoms with van der Waals surface area (Å²) < 4.78 is 5.73. The van der Waals surface area contributed by atoms with Crippen molar-refractivity contribution in [1.82, 2.24) is 15.1 Å². The van der Waals surface area contributed by atoms with E-state index in [0.29, 0.717) is 24.3 Å². The summed E-state index contributed by atoms with van der Waals surface area (Å²) in [4.78, 5) is 26.6. The van der Waals surface area contributed by atoms with Crippen molar-refractivity contribution in [2.24, 2.45) is 0 Å². The van der Waals surface area contributed by atoms with E-state index in [1.54, 1.807) is 18.7 Å². The Kier molecular flexibility index (Phi) is 5.71. The lowest BCUT2D eigenvalue weighted by molar-refractivity contribution is -0.00390. The van der Waals surface area contributed by atoms with Crippen molar-refractivity contribution in [1.29, 1.82) is 0 Å². The highest BCUT2D eigenvalue weighted by Gasteiger charge is 2.25. The molecule has 0 saturated carbocycles. The fraction of sp³-hybridized carbons (Fsp3) is 0.688. The number of ether oxygens (including phenoxy) is 1. The summed E-state index contributed by atoms with van der Waals surface area (Å²) >= 11 is 0. The van der Waals surface area contributed by atoms with Gasteiger partial charge in [-0.3, -0.25) is 9.59 Å². The van der Waals surface area contributed by atoms with Crippen LogP contribution >= 0.6 is 0 Å². The molecule has 1 aromatic heterocycles. The van der Waals surface area contributed by atoms with Gasteiger partial charge in [0.2, 0.25) is 0 Å². The molecule has 1 atom stereocenters. The third-order valence-electron chi connectivity index (χ3n) is 4.16. The average Bonchev–Trinajstić information content (AvgIpc) is 2.52. The van der Waals surface area contributed by atoms with Crippen LogP contribution in [0.2, 0.25) is 0 Å². The largest absolute Gasteiger partial charge is 0.376 e. The molecule has 0 radical (unpaired) electrons. The Morgan fingerprint density at radius 3 is 2.82 bits per heavy atom. The Hall–Kier alpha value is -1.69. The highest BCUT2D eigenvalue weighted by molar-refractivity contribution is 5.95. The van der Waals surface area contributed by atoms with Gasteiger partial charge in [-0.05, 0) is 45.1 Å². The van der Waals surface area contributed by atoms with Gasteiger partial charge in [0, 0.05) is 19.7 Å². The van der Waals surface area contributed by atoms with E-state index in [4.69, 9.17) is 4.74 Å². The fourth-order valence-corrected chi connectivity index (χ4v) is 2.78. The van der Waals surface area contributed by atoms with Crippen molar-refractivity contribution in [2.75, 3.05) is 19.7 Å². The summed E-state index contributed by atoms with van der Waals surface area (Å²) in [5.41, 5.74) is 1.11. The molecule has 0 bridgehead atoms. The Bertz CT molecular complexity index is 576. The molecule has 6 heteroatoms. The van der Waals surface area contributed by atoms with Gasteiger partial charge < -0.3 is 9.64 Å². The molecule has 1 aliphatic heterocycles. The first kappa shape index (κ1) is 16.7. The normalized spacial score (nSPS) is 18.2. The van der Waals surface area contributed by atoms with E-state index >= 15 is 0 Å². The molecule has 1 N–H and O–H groups in total. The van der Waals surface area contributed by atoms with E-state index in [2.05, 4.69) is 10.2 Å². The van der Waals surface area contributed by atoms with Crippen molar-refractivity contribution in [3.63, 3.8) is 0 Å². The summed E-state index contributed by atoms with van der Waals surface area (Å²) in [7, 11) is 0. The van der Waals surface area contributed by atoms with Gasteiger partial charge >= 0.3 is 0 Å². The zero-order valence-corrected chi connectivity index (χ0v) is 13.6. The van der Waals surface area contributed by atoms with E-state index in [1.807, 2.05) is 6.92 Å². The van der Waals surface area contributed by atoms with Crippen molar-refractivity contribution < 1.29 is 9.53 Å². The number of nitrogens with zero attached hydrogens (tertiary/aromatic N) is 2. The highest BCUT2D eigenvalue weighted by Crippen LogP contribution is 2.16. The number of carbonyl (C=O) groups is 1. The number of hydrogen-bond donors (Lipinski definition) is 1. The Morgan fingerprint density at radius 1 is 1.41 bits per heavy atom. The van der Waals surface area contributed by atoms with Gasteiger partial charge in [-0.2, -0.15) is 5.10 Å². The Labute approximate surface area is 130 Å². The summed E-state index contributed by atoms with van der Waals surface area (Å²) in [6, 6.07) is 0. The number of rotatable bonds is 5. The molecule has 0 aliphatic carbocycles. The van der Waals surface area contributed by atoms with Crippen LogP contribution in [0.5, 0.6) is 0 Å². The lowest BCUT2D eigenvalue weighted by atomic mass is 10.1. The molecule has 1 aromatic rings. The van der Waals surface area contributed by atoms with Gasteiger partial charge in [0.05, 0.1) is 11.8 Å². The van der Waals surface area contributed by atoms with Gasteiger partial charge in [-0.1, -0.05) is 6.92 Å². The average molecular weight is 307 g/mol. The smallest absolute Gasteiger partial charge is 0.277 e. The predicted octanol–water partition coefficient (Wildman–Crippen LogP) is 1.81. The highest BCUT2D eigenvalue weighted by atomic mass is 16.5. The first-order valence-corrected chi connectivity index (χ1v) is 8.01. The molecule has 0 unspecified atom stereocenters. The quantitative estimate of drug-likeness (QED) is 0.900. The second kappa shape index (κ2) is 7.54. The molecule has 6 nitrogen and oxygen atoms in total. The maximum Gasteiger partial charge on any atom is 0.277 e. The first-order chi connectivity index (χ1) is 10.5. The summed E-state index contributed by atoms with van der Waals surface area (Å²) in [5, 5.41) is 6.32. The molecule has 122 valence electrons. The number of hydrogen-bond acceptors (Lipinski definition) is 4. The minimum absolute atomic E-state index is 0.0755. The molecular formula is C16H25N3O3. The number of H-pyrrole nitrogens is 1. The van der Waals surface area contributed by atoms with E-state index in [0.717, 1.165) is 32.3 Å². The minimum Gasteiger partial charge on any atom is -0.376 e. The Morgan fingerprint density at radius 2 is 2.18 bits per heavy atom. The summed E-state index contributed by atoms with van der Waals surface area (Å²) in [5.74, 6) is -0.222. The lowest BCUT2D eigenvalue weighted by Gasteiger charge is -2.30. The number of carbonyl (C=O) groups excluding carboxylic acids is 1. The molecule has 2 heterocycles. The van der Waals surface area contributed by atoms with Gasteiger partial charge in [-0.25, -0.2) is 5.10 Å². The molecule has 0 spiro atoms. The van der Waals surface area contributed by atoms with E-state index in [1.165, 1.54) is 0 Å². The minimum atomic E-state index is -0.418. The topological polar surface area (TPSA) is 75.3 Å². The molecule has 1 aliphatic rings. The molecule has 1 amide bonds. The zero-order valence-electron chi connectivity index (χ0n) is 13.6. The fourth-order valence-electron chi connectivity index (χ4n) is 2.78. The van der Waals surface area contributed by atoms with Crippen LogP contribution < -0.4 is 5.56 Å². The second-order valence-corrected chi connectivity index (χ2v) is 5.88. The van der Waals surface area contributed by atoms with Crippen LogP contribution in [0.1, 0.15) is 54.2 Å². The molecule has 2 rings (SSSR count). The number of aromatic amines is 1. The first-order valence-electron chi connectivity index (χ1n) is 8.01. The van der Waals surface area contributed by atoms with Crippen LogP contribution in [-0.2, 0) is 4.74 Å². The van der Waals surface area contributed by atoms with Crippen LogP contribution in [-0.4, -0.2) is 46.8 Å². The number of aromatic nitrogens is 2. The van der Waals surface area contributed by atoms with Crippen molar-refractivity contribution >= 4 is 5.91 Å². The molecule has 0 aromatic carbocycles. The third kappa shape index (κ3) is 3.74. The molecule has 1 fully saturated rings. The van der Waals surface area contributed by atoms with Crippen LogP contribution in [0.25, 0.3) is 0 Å². The van der Waals surface area contributed by atoms with Crippen molar-refractivity contribution in [2.45, 2.75) is 52.6 Å². The van der Waals surface area contributed by atoms with E-state index in [-0.39, 0.29) is 17.6 Å². The van der Waals surface area contributed by atoms with E-state index in [9.17, 15) is 9.59 Å². The van der Waals surface area contributed by atoms with Crippen LogP contribution in [0.3, 0.4) is 0 Å². The summed E-state index contributed by atoms with van der Waals surface area (Å²) in [6.45, 7) is 7.51. The van der Waals surface area contributed by atoms with Gasteiger partial charge in [0.1, 0.15) is 5.56 Å². The second-order valence-electron chi connectivity index (χ2n) is 5.88. The predicted molar refractivity (Wildman–Crippen MR) is 84.1 cm³/mol. The van der Waals surface area contributed by atoms with Gasteiger partial charge in [0.15, 0.2) is 0 Å². The van der Waals surface area contributed by atoms with E-state index < -0.39 is 5.56 Å². The zero-order chi connectivity index (χ0) is 16.1. The van der Waals surface area contributed by atoms with Crippen LogP contribution in [0.4, 0.5) is 0 Å². The molecule has 22 heavy (non-hydrogen) atoms. The van der Waals surface area contributed by atoms with Gasteiger partial charge in [-0.15, -0.1) is 0 Å². The molecule has 1 saturated heterocycles. The third-order valence-corrected chi connectivity index (χ3v) is 4.16. The van der Waals surface area contributed by atoms with Crippen molar-refractivity contribution in [3.05, 3.63) is 27.2 Å². The monoisotopic (exact) mass is 307 g/mol. The SMILES string of the molecule is CCCN(C[C@H]1CCCCO1)C(=O)c1c(C)c(C)n[nH]c1=O. The maximum atomic E-state index is 12.8. The molecular weight excluding hydrogens is 282 g/mol. The van der Waals surface area contributed by atoms with Crippen LogP contribution in [0, 0.1) is 13.8 Å². The number of nitrogens with one attached hydrogen (secondary N) is 1. The number of aryl methyl sites for hydroxylation is 1. The maximum absolute atomic E-state index is 12.8. The lowest BCUT2D eigenvalue weighted by Crippen LogP contribution is -2.42. The van der Waals surface area contributed by atoms with Crippen molar-refractivity contribution in [3.8, 4) is 0 Å². The number of amides is 1. The Balaban J connectivity index is 2.22. The summed E-state index contributed by atoms with van der Waals surface area (Å²) in [6.07, 6.45) is 4.11.